The Labute approximate surface area is 215 Å². The lowest BCUT2D eigenvalue weighted by molar-refractivity contribution is 0.0962. The molecule has 1 atom stereocenters. The van der Waals surface area contributed by atoms with Crippen LogP contribution in [0, 0.1) is 6.92 Å². The van der Waals surface area contributed by atoms with E-state index >= 15 is 0 Å². The fraction of sp³-hybridized carbons (Fsp3) is 0.296. The van der Waals surface area contributed by atoms with E-state index in [9.17, 15) is 9.90 Å². The topological polar surface area (TPSA) is 138 Å². The van der Waals surface area contributed by atoms with Gasteiger partial charge in [-0.15, -0.1) is 10.2 Å². The molecule has 10 heteroatoms. The molecule has 1 amide bonds. The highest BCUT2D eigenvalue weighted by Gasteiger charge is 2.24. The number of carbonyl (C=O) groups excluding carboxylic acids is 1. The maximum Gasteiger partial charge on any atom is 0.253 e. The van der Waals surface area contributed by atoms with Crippen LogP contribution in [-0.2, 0) is 5.41 Å². The standard InChI is InChI=1S/C27H31N7O3/c1-16-13-18(11-12-19(16)23(36)28-5)30-26-29-14-20(24-33-34-25(37-24)27(2,3)4)22(32-26)31-21(15-35)17-9-7-6-8-10-17/h6-14,21,35H,15H2,1-5H3,(H,28,36)(H2,29,30,31,32)/t21-/m1/s1. The first kappa shape index (κ1) is 25.8. The lowest BCUT2D eigenvalue weighted by Crippen LogP contribution is -2.19. The van der Waals surface area contributed by atoms with Crippen LogP contribution in [0.5, 0.6) is 0 Å². The van der Waals surface area contributed by atoms with E-state index in [1.165, 1.54) is 0 Å². The molecule has 4 rings (SSSR count). The summed E-state index contributed by atoms with van der Waals surface area (Å²) in [5.41, 5.74) is 3.20. The predicted octanol–water partition coefficient (Wildman–Crippen LogP) is 4.38. The molecule has 2 aromatic carbocycles. The molecule has 0 saturated heterocycles. The van der Waals surface area contributed by atoms with Crippen LogP contribution in [0.3, 0.4) is 0 Å². The van der Waals surface area contributed by atoms with Crippen molar-refractivity contribution in [2.45, 2.75) is 39.2 Å². The zero-order valence-electron chi connectivity index (χ0n) is 21.5. The first-order valence-corrected chi connectivity index (χ1v) is 11.9. The summed E-state index contributed by atoms with van der Waals surface area (Å²) in [5, 5.41) is 27.7. The third kappa shape index (κ3) is 5.92. The van der Waals surface area contributed by atoms with E-state index in [0.717, 1.165) is 16.8 Å². The van der Waals surface area contributed by atoms with Gasteiger partial charge in [0.1, 0.15) is 5.82 Å². The minimum absolute atomic E-state index is 0.152. The van der Waals surface area contributed by atoms with Gasteiger partial charge in [0.05, 0.1) is 18.2 Å². The first-order valence-electron chi connectivity index (χ1n) is 11.9. The zero-order valence-corrected chi connectivity index (χ0v) is 21.5. The molecular weight excluding hydrogens is 470 g/mol. The lowest BCUT2D eigenvalue weighted by atomic mass is 9.97. The summed E-state index contributed by atoms with van der Waals surface area (Å²) < 4.78 is 5.95. The SMILES string of the molecule is CNC(=O)c1ccc(Nc2ncc(-c3nnc(C(C)(C)C)o3)c(N[C@H](CO)c3ccccc3)n2)cc1C. The molecule has 4 N–H and O–H groups in total. The summed E-state index contributed by atoms with van der Waals surface area (Å²) >= 11 is 0. The number of anilines is 3. The number of carbonyl (C=O) groups is 1. The van der Waals surface area contributed by atoms with Gasteiger partial charge in [0.15, 0.2) is 0 Å². The third-order valence-electron chi connectivity index (χ3n) is 5.74. The molecule has 0 unspecified atom stereocenters. The Hall–Kier alpha value is -4.31. The molecule has 2 aromatic heterocycles. The van der Waals surface area contributed by atoms with Gasteiger partial charge < -0.3 is 25.5 Å². The molecule has 192 valence electrons. The number of rotatable bonds is 8. The fourth-order valence-corrected chi connectivity index (χ4v) is 3.69. The van der Waals surface area contributed by atoms with Gasteiger partial charge in [-0.25, -0.2) is 4.98 Å². The van der Waals surface area contributed by atoms with Crippen molar-refractivity contribution in [2.24, 2.45) is 0 Å². The number of benzene rings is 2. The van der Waals surface area contributed by atoms with Gasteiger partial charge in [0.2, 0.25) is 11.8 Å². The molecule has 4 aromatic rings. The minimum atomic E-state index is -0.429. The Bertz CT molecular complexity index is 1380. The van der Waals surface area contributed by atoms with E-state index in [2.05, 4.69) is 36.1 Å². The summed E-state index contributed by atoms with van der Waals surface area (Å²) in [7, 11) is 1.60. The quantitative estimate of drug-likeness (QED) is 0.277. The Morgan fingerprint density at radius 2 is 1.86 bits per heavy atom. The van der Waals surface area contributed by atoms with Crippen LogP contribution in [0.4, 0.5) is 17.5 Å². The highest BCUT2D eigenvalue weighted by Crippen LogP contribution is 2.32. The Kier molecular flexibility index (Phi) is 7.49. The normalized spacial score (nSPS) is 12.2. The molecule has 37 heavy (non-hydrogen) atoms. The highest BCUT2D eigenvalue weighted by molar-refractivity contribution is 5.95. The summed E-state index contributed by atoms with van der Waals surface area (Å²) in [5.74, 6) is 1.35. The maximum atomic E-state index is 12.0. The highest BCUT2D eigenvalue weighted by atomic mass is 16.4. The van der Waals surface area contributed by atoms with Gasteiger partial charge in [-0.1, -0.05) is 51.1 Å². The van der Waals surface area contributed by atoms with Gasteiger partial charge in [0.25, 0.3) is 11.8 Å². The number of aryl methyl sites for hydroxylation is 1. The zero-order chi connectivity index (χ0) is 26.6. The molecule has 0 fully saturated rings. The number of aliphatic hydroxyl groups excluding tert-OH is 1. The van der Waals surface area contributed by atoms with Crippen LogP contribution in [-0.4, -0.2) is 44.8 Å². The number of aliphatic hydroxyl groups is 1. The molecule has 2 heterocycles. The second kappa shape index (κ2) is 10.8. The number of nitrogens with zero attached hydrogens (tertiary/aromatic N) is 4. The molecule has 0 aliphatic rings. The molecule has 0 bridgehead atoms. The molecule has 0 spiro atoms. The van der Waals surface area contributed by atoms with E-state index < -0.39 is 6.04 Å². The maximum absolute atomic E-state index is 12.0. The smallest absolute Gasteiger partial charge is 0.253 e. The summed E-state index contributed by atoms with van der Waals surface area (Å²) in [6.45, 7) is 7.67. The van der Waals surface area contributed by atoms with Crippen molar-refractivity contribution in [3.05, 3.63) is 77.3 Å². The van der Waals surface area contributed by atoms with Gasteiger partial charge in [-0.2, -0.15) is 4.98 Å². The van der Waals surface area contributed by atoms with Crippen LogP contribution < -0.4 is 16.0 Å². The van der Waals surface area contributed by atoms with Gasteiger partial charge in [-0.05, 0) is 36.2 Å². The van der Waals surface area contributed by atoms with Crippen molar-refractivity contribution < 1.29 is 14.3 Å². The number of hydrogen-bond acceptors (Lipinski definition) is 9. The second-order valence-corrected chi connectivity index (χ2v) is 9.64. The first-order chi connectivity index (χ1) is 17.7. The average Bonchev–Trinajstić information content (AvgIpc) is 3.38. The van der Waals surface area contributed by atoms with E-state index in [1.807, 2.05) is 64.1 Å². The van der Waals surface area contributed by atoms with Gasteiger partial charge in [0, 0.05) is 29.9 Å². The molecule has 0 aliphatic carbocycles. The molecule has 0 aliphatic heterocycles. The van der Waals surface area contributed by atoms with E-state index in [0.29, 0.717) is 28.8 Å². The number of nitrogens with one attached hydrogen (secondary N) is 3. The molecule has 0 radical (unpaired) electrons. The van der Waals surface area contributed by atoms with Crippen LogP contribution >= 0.6 is 0 Å². The predicted molar refractivity (Wildman–Crippen MR) is 142 cm³/mol. The molecular formula is C27H31N7O3. The van der Waals surface area contributed by atoms with Crippen molar-refractivity contribution in [1.29, 1.82) is 0 Å². The summed E-state index contributed by atoms with van der Waals surface area (Å²) in [4.78, 5) is 21.2. The fourth-order valence-electron chi connectivity index (χ4n) is 3.69. The molecule has 0 saturated carbocycles. The van der Waals surface area contributed by atoms with Crippen LogP contribution in [0.15, 0.2) is 59.1 Å². The molecule has 10 nitrogen and oxygen atoms in total. The van der Waals surface area contributed by atoms with Crippen LogP contribution in [0.2, 0.25) is 0 Å². The van der Waals surface area contributed by atoms with Crippen molar-refractivity contribution in [3.8, 4) is 11.5 Å². The van der Waals surface area contributed by atoms with Crippen molar-refractivity contribution in [3.63, 3.8) is 0 Å². The minimum Gasteiger partial charge on any atom is -0.420 e. The monoisotopic (exact) mass is 501 g/mol. The van der Waals surface area contributed by atoms with E-state index in [-0.39, 0.29) is 23.8 Å². The van der Waals surface area contributed by atoms with Crippen molar-refractivity contribution >= 4 is 23.4 Å². The van der Waals surface area contributed by atoms with E-state index in [4.69, 9.17) is 4.42 Å². The Morgan fingerprint density at radius 3 is 2.49 bits per heavy atom. The lowest BCUT2D eigenvalue weighted by Gasteiger charge is -2.19. The Balaban J connectivity index is 1.70. The van der Waals surface area contributed by atoms with Gasteiger partial charge >= 0.3 is 0 Å². The number of aromatic nitrogens is 4. The van der Waals surface area contributed by atoms with Crippen LogP contribution in [0.25, 0.3) is 11.5 Å². The second-order valence-electron chi connectivity index (χ2n) is 9.64. The van der Waals surface area contributed by atoms with Crippen molar-refractivity contribution in [1.82, 2.24) is 25.5 Å². The van der Waals surface area contributed by atoms with Crippen LogP contribution in [0.1, 0.15) is 54.2 Å². The largest absolute Gasteiger partial charge is 0.420 e. The summed E-state index contributed by atoms with van der Waals surface area (Å²) in [6, 6.07) is 14.5. The Morgan fingerprint density at radius 1 is 1.11 bits per heavy atom. The summed E-state index contributed by atoms with van der Waals surface area (Å²) in [6.07, 6.45) is 1.60. The average molecular weight is 502 g/mol. The van der Waals surface area contributed by atoms with Crippen molar-refractivity contribution in [2.75, 3.05) is 24.3 Å². The van der Waals surface area contributed by atoms with Gasteiger partial charge in [-0.3, -0.25) is 4.79 Å². The van der Waals surface area contributed by atoms with E-state index in [1.54, 1.807) is 25.4 Å². The number of amides is 1. The number of hydrogen-bond donors (Lipinski definition) is 4. The third-order valence-corrected chi connectivity index (χ3v) is 5.74.